The molecule has 0 aliphatic carbocycles. The van der Waals surface area contributed by atoms with Crippen LogP contribution < -0.4 is 0 Å². The van der Waals surface area contributed by atoms with Crippen LogP contribution in [0.25, 0.3) is 6.08 Å². The van der Waals surface area contributed by atoms with Gasteiger partial charge in [0.25, 0.3) is 0 Å². The molecule has 90 valence electrons. The van der Waals surface area contributed by atoms with Crippen LogP contribution in [0.2, 0.25) is 0 Å². The van der Waals surface area contributed by atoms with Crippen LogP contribution >= 0.6 is 27.7 Å². The Morgan fingerprint density at radius 2 is 1.67 bits per heavy atom. The van der Waals surface area contributed by atoms with Gasteiger partial charge in [-0.05, 0) is 47.7 Å². The maximum atomic E-state index is 11.7. The minimum atomic E-state index is 0.0289. The third kappa shape index (κ3) is 4.17. The van der Waals surface area contributed by atoms with E-state index >= 15 is 0 Å². The number of rotatable bonds is 3. The van der Waals surface area contributed by atoms with Crippen LogP contribution in [0, 0.1) is 0 Å². The van der Waals surface area contributed by atoms with E-state index in [9.17, 15) is 4.79 Å². The molecule has 0 atom stereocenters. The van der Waals surface area contributed by atoms with Crippen molar-refractivity contribution in [3.63, 3.8) is 0 Å². The van der Waals surface area contributed by atoms with Gasteiger partial charge in [-0.25, -0.2) is 0 Å². The van der Waals surface area contributed by atoms with Crippen LogP contribution in [0.1, 0.15) is 5.56 Å². The van der Waals surface area contributed by atoms with Gasteiger partial charge in [0.1, 0.15) is 0 Å². The first-order chi connectivity index (χ1) is 8.74. The number of halogens is 1. The van der Waals surface area contributed by atoms with Crippen molar-refractivity contribution in [2.24, 2.45) is 0 Å². The SMILES string of the molecule is O=C(/C=C/c1ccccc1)Sc1ccc(Br)cc1. The molecule has 0 aromatic heterocycles. The van der Waals surface area contributed by atoms with Gasteiger partial charge in [-0.2, -0.15) is 0 Å². The monoisotopic (exact) mass is 318 g/mol. The topological polar surface area (TPSA) is 17.1 Å². The van der Waals surface area contributed by atoms with Crippen LogP contribution in [-0.2, 0) is 4.79 Å². The number of carbonyl (C=O) groups excluding carboxylic acids is 1. The summed E-state index contributed by atoms with van der Waals surface area (Å²) in [6.45, 7) is 0. The molecule has 0 unspecified atom stereocenters. The lowest BCUT2D eigenvalue weighted by atomic mass is 10.2. The number of thioether (sulfide) groups is 1. The lowest BCUT2D eigenvalue weighted by Gasteiger charge is -1.97. The molecule has 2 rings (SSSR count). The average Bonchev–Trinajstić information content (AvgIpc) is 2.40. The Bertz CT molecular complexity index is 546. The van der Waals surface area contributed by atoms with Crippen molar-refractivity contribution in [3.8, 4) is 0 Å². The summed E-state index contributed by atoms with van der Waals surface area (Å²) in [6.07, 6.45) is 3.43. The summed E-state index contributed by atoms with van der Waals surface area (Å²) in [5.41, 5.74) is 1.03. The quantitative estimate of drug-likeness (QED) is 0.598. The summed E-state index contributed by atoms with van der Waals surface area (Å²) in [7, 11) is 0. The van der Waals surface area contributed by atoms with Crippen molar-refractivity contribution in [3.05, 3.63) is 70.7 Å². The van der Waals surface area contributed by atoms with E-state index in [2.05, 4.69) is 15.9 Å². The molecule has 0 spiro atoms. The first-order valence-electron chi connectivity index (χ1n) is 5.44. The smallest absolute Gasteiger partial charge is 0.216 e. The molecular formula is C15H11BrOS. The van der Waals surface area contributed by atoms with Gasteiger partial charge in [-0.1, -0.05) is 52.3 Å². The van der Waals surface area contributed by atoms with Gasteiger partial charge >= 0.3 is 0 Å². The van der Waals surface area contributed by atoms with Crippen molar-refractivity contribution < 1.29 is 4.79 Å². The fraction of sp³-hybridized carbons (Fsp3) is 0. The van der Waals surface area contributed by atoms with Crippen LogP contribution in [0.15, 0.2) is 70.0 Å². The zero-order chi connectivity index (χ0) is 12.8. The highest BCUT2D eigenvalue weighted by Gasteiger charge is 2.00. The van der Waals surface area contributed by atoms with Crippen molar-refractivity contribution in [1.29, 1.82) is 0 Å². The zero-order valence-corrected chi connectivity index (χ0v) is 11.9. The molecule has 0 heterocycles. The fourth-order valence-corrected chi connectivity index (χ4v) is 2.29. The third-order valence-corrected chi connectivity index (χ3v) is 3.62. The summed E-state index contributed by atoms with van der Waals surface area (Å²) in [6, 6.07) is 17.5. The molecule has 0 aliphatic rings. The minimum absolute atomic E-state index is 0.0289. The Morgan fingerprint density at radius 3 is 2.33 bits per heavy atom. The molecule has 3 heteroatoms. The predicted octanol–water partition coefficient (Wildman–Crippen LogP) is 4.78. The summed E-state index contributed by atoms with van der Waals surface area (Å²) in [4.78, 5) is 12.7. The summed E-state index contributed by atoms with van der Waals surface area (Å²) < 4.78 is 1.01. The lowest BCUT2D eigenvalue weighted by molar-refractivity contribution is -0.106. The molecular weight excluding hydrogens is 308 g/mol. The molecule has 0 N–H and O–H groups in total. The van der Waals surface area contributed by atoms with Gasteiger partial charge in [0.2, 0.25) is 5.12 Å². The molecule has 2 aromatic carbocycles. The van der Waals surface area contributed by atoms with E-state index in [1.165, 1.54) is 11.8 Å². The number of hydrogen-bond donors (Lipinski definition) is 0. The maximum Gasteiger partial charge on any atom is 0.216 e. The second-order valence-corrected chi connectivity index (χ2v) is 5.61. The first kappa shape index (κ1) is 13.1. The third-order valence-electron chi connectivity index (χ3n) is 2.24. The van der Waals surface area contributed by atoms with Gasteiger partial charge in [0.05, 0.1) is 0 Å². The van der Waals surface area contributed by atoms with Crippen LogP contribution in [0.5, 0.6) is 0 Å². The standard InChI is InChI=1S/C15H11BrOS/c16-13-7-9-14(10-8-13)18-15(17)11-6-12-4-2-1-3-5-12/h1-11H/b11-6+. The summed E-state index contributed by atoms with van der Waals surface area (Å²) >= 11 is 4.59. The zero-order valence-electron chi connectivity index (χ0n) is 9.55. The highest BCUT2D eigenvalue weighted by molar-refractivity contribution is 9.10. The first-order valence-corrected chi connectivity index (χ1v) is 7.05. The Kier molecular flexibility index (Phi) is 4.79. The number of carbonyl (C=O) groups is 1. The van der Waals surface area contributed by atoms with E-state index in [0.29, 0.717) is 0 Å². The van der Waals surface area contributed by atoms with Crippen LogP contribution in [0.4, 0.5) is 0 Å². The van der Waals surface area contributed by atoms with Crippen molar-refractivity contribution in [2.45, 2.75) is 4.90 Å². The predicted molar refractivity (Wildman–Crippen MR) is 80.5 cm³/mol. The van der Waals surface area contributed by atoms with Crippen molar-refractivity contribution in [2.75, 3.05) is 0 Å². The largest absolute Gasteiger partial charge is 0.282 e. The van der Waals surface area contributed by atoms with Crippen molar-refractivity contribution >= 4 is 38.9 Å². The highest BCUT2D eigenvalue weighted by atomic mass is 79.9. The van der Waals surface area contributed by atoms with Gasteiger partial charge in [-0.3, -0.25) is 4.79 Å². The molecule has 0 fully saturated rings. The van der Waals surface area contributed by atoms with E-state index in [4.69, 9.17) is 0 Å². The molecule has 0 radical (unpaired) electrons. The van der Waals surface area contributed by atoms with E-state index in [-0.39, 0.29) is 5.12 Å². The van der Waals surface area contributed by atoms with Crippen molar-refractivity contribution in [1.82, 2.24) is 0 Å². The molecule has 1 nitrogen and oxygen atoms in total. The second kappa shape index (κ2) is 6.57. The van der Waals surface area contributed by atoms with Gasteiger partial charge < -0.3 is 0 Å². The van der Waals surface area contributed by atoms with Gasteiger partial charge in [0.15, 0.2) is 0 Å². The molecule has 0 amide bonds. The van der Waals surface area contributed by atoms with E-state index in [1.807, 2.05) is 60.7 Å². The molecule has 0 saturated carbocycles. The van der Waals surface area contributed by atoms with Crippen LogP contribution in [0.3, 0.4) is 0 Å². The minimum Gasteiger partial charge on any atom is -0.282 e. The van der Waals surface area contributed by atoms with Gasteiger partial charge in [0, 0.05) is 9.37 Å². The molecule has 0 aliphatic heterocycles. The molecule has 2 aromatic rings. The second-order valence-electron chi connectivity index (χ2n) is 3.62. The Labute approximate surface area is 119 Å². The molecule has 18 heavy (non-hydrogen) atoms. The van der Waals surface area contributed by atoms with Gasteiger partial charge in [-0.15, -0.1) is 0 Å². The van der Waals surface area contributed by atoms with E-state index in [1.54, 1.807) is 6.08 Å². The maximum absolute atomic E-state index is 11.7. The fourth-order valence-electron chi connectivity index (χ4n) is 1.38. The summed E-state index contributed by atoms with van der Waals surface area (Å²) in [5, 5.41) is 0.0289. The molecule has 0 bridgehead atoms. The summed E-state index contributed by atoms with van der Waals surface area (Å²) in [5.74, 6) is 0. The number of benzene rings is 2. The highest BCUT2D eigenvalue weighted by Crippen LogP contribution is 2.21. The van der Waals surface area contributed by atoms with E-state index < -0.39 is 0 Å². The normalized spacial score (nSPS) is 10.7. The van der Waals surface area contributed by atoms with Crippen LogP contribution in [-0.4, -0.2) is 5.12 Å². The Morgan fingerprint density at radius 1 is 1.00 bits per heavy atom. The number of hydrogen-bond acceptors (Lipinski definition) is 2. The van der Waals surface area contributed by atoms with E-state index in [0.717, 1.165) is 14.9 Å². The lowest BCUT2D eigenvalue weighted by Crippen LogP contribution is -1.84. The Balaban J connectivity index is 1.97. The average molecular weight is 319 g/mol. The molecule has 0 saturated heterocycles. The Hall–Kier alpha value is -1.32.